The fourth-order valence-corrected chi connectivity index (χ4v) is 8.36. The normalized spacial score (nSPS) is 12.8. The van der Waals surface area contributed by atoms with Gasteiger partial charge >= 0.3 is 204 Å². The molecule has 4 nitrogen and oxygen atoms in total. The molecule has 1 unspecified atom stereocenters. The minimum absolute atomic E-state index is 0.0611. The Morgan fingerprint density at radius 3 is 2.27 bits per heavy atom. The van der Waals surface area contributed by atoms with Gasteiger partial charge in [-0.05, 0) is 0 Å². The van der Waals surface area contributed by atoms with Crippen molar-refractivity contribution in [2.75, 3.05) is 0 Å². The van der Waals surface area contributed by atoms with Crippen LogP contribution in [0.1, 0.15) is 16.7 Å². The summed E-state index contributed by atoms with van der Waals surface area (Å²) < 4.78 is 2.78. The van der Waals surface area contributed by atoms with Crippen molar-refractivity contribution in [1.29, 1.82) is 5.26 Å². The van der Waals surface area contributed by atoms with Gasteiger partial charge in [0.05, 0.1) is 0 Å². The average Bonchev–Trinajstić information content (AvgIpc) is 3.30. The molecule has 0 radical (unpaired) electrons. The number of aromatic nitrogens is 3. The van der Waals surface area contributed by atoms with Gasteiger partial charge in [0, 0.05) is 0 Å². The summed E-state index contributed by atoms with van der Waals surface area (Å²) in [6.07, 6.45) is 0. The fraction of sp³-hybridized carbons (Fsp3) is 0.0741. The molecule has 0 aliphatic heterocycles. The van der Waals surface area contributed by atoms with Gasteiger partial charge in [-0.15, -0.1) is 0 Å². The summed E-state index contributed by atoms with van der Waals surface area (Å²) in [4.78, 5) is 1.15. The molecule has 0 aliphatic carbocycles. The molecule has 1 atom stereocenters. The molecule has 0 spiro atoms. The second-order valence-electron chi connectivity index (χ2n) is 7.59. The van der Waals surface area contributed by atoms with E-state index >= 15 is 0 Å². The van der Waals surface area contributed by atoms with Crippen LogP contribution in [0.15, 0.2) is 108 Å². The second-order valence-corrected chi connectivity index (χ2v) is 12.1. The van der Waals surface area contributed by atoms with Crippen molar-refractivity contribution in [1.82, 2.24) is 15.0 Å². The number of thioether (sulfide) groups is 1. The third-order valence-electron chi connectivity index (χ3n) is 5.29. The van der Waals surface area contributed by atoms with E-state index in [0.29, 0.717) is 5.56 Å². The van der Waals surface area contributed by atoms with Crippen LogP contribution < -0.4 is 4.46 Å². The van der Waals surface area contributed by atoms with Gasteiger partial charge in [-0.3, -0.25) is 0 Å². The number of hydrogen-bond acceptors (Lipinski definition) is 4. The molecule has 5 rings (SSSR count). The Morgan fingerprint density at radius 1 is 0.848 bits per heavy atom. The van der Waals surface area contributed by atoms with E-state index in [1.165, 1.54) is 10.0 Å². The zero-order valence-corrected chi connectivity index (χ0v) is 20.4. The van der Waals surface area contributed by atoms with Crippen LogP contribution in [0.4, 0.5) is 0 Å². The average molecular weight is 512 g/mol. The number of rotatable bonds is 6. The van der Waals surface area contributed by atoms with Crippen LogP contribution in [0.5, 0.6) is 0 Å². The first-order chi connectivity index (χ1) is 16.2. The van der Waals surface area contributed by atoms with E-state index in [0.717, 1.165) is 21.5 Å². The molecule has 160 valence electrons. The van der Waals surface area contributed by atoms with Gasteiger partial charge in [0.25, 0.3) is 0 Å². The van der Waals surface area contributed by atoms with Crippen LogP contribution in [0, 0.1) is 18.3 Å². The molecule has 1 aromatic heterocycles. The number of nitrogens with zero attached hydrogens (tertiary/aromatic N) is 4. The monoisotopic (exact) mass is 512 g/mol. The first kappa shape index (κ1) is 21.5. The minimum atomic E-state index is -0.548. The molecule has 4 aromatic carbocycles. The van der Waals surface area contributed by atoms with Gasteiger partial charge in [0.2, 0.25) is 0 Å². The van der Waals surface area contributed by atoms with Crippen LogP contribution in [0.2, 0.25) is 0 Å². The van der Waals surface area contributed by atoms with E-state index in [9.17, 15) is 5.26 Å². The van der Waals surface area contributed by atoms with Crippen LogP contribution in [-0.4, -0.2) is 30.0 Å². The van der Waals surface area contributed by atoms with E-state index < -0.39 is 3.77 Å². The molecule has 33 heavy (non-hydrogen) atoms. The van der Waals surface area contributed by atoms with Gasteiger partial charge in [-0.1, -0.05) is 0 Å². The Morgan fingerprint density at radius 2 is 1.55 bits per heavy atom. The first-order valence-corrected chi connectivity index (χ1v) is 13.0. The van der Waals surface area contributed by atoms with Crippen molar-refractivity contribution in [3.05, 3.63) is 120 Å². The van der Waals surface area contributed by atoms with Crippen molar-refractivity contribution in [2.45, 2.75) is 15.6 Å². The molecule has 5 aromatic rings. The molecule has 0 aliphatic rings. The standard InChI is InChI=1S/C27H20N4SSe/c1-20-11-17-23(18-12-20)32-27(33-24-7-3-2-4-8-24,22-15-13-21(19-28)14-16-22)31-26-10-6-5-9-25(26)29-30-31/h2-18H,1H3. The van der Waals surface area contributed by atoms with E-state index in [1.54, 1.807) is 11.8 Å². The molecule has 0 saturated carbocycles. The Bertz CT molecular complexity index is 1420. The molecular weight excluding hydrogens is 491 g/mol. The Hall–Kier alpha value is -3.36. The van der Waals surface area contributed by atoms with Gasteiger partial charge in [-0.2, -0.15) is 0 Å². The number of aryl methyl sites for hydroxylation is 1. The molecular formula is C27H20N4SSe. The quantitative estimate of drug-likeness (QED) is 0.235. The number of benzene rings is 4. The Labute approximate surface area is 203 Å². The van der Waals surface area contributed by atoms with E-state index in [4.69, 9.17) is 5.21 Å². The SMILES string of the molecule is Cc1ccc(SC([Se]c2ccccc2)(c2ccc(C#N)cc2)n2nnc3ccccc32)cc1. The summed E-state index contributed by atoms with van der Waals surface area (Å²) in [6.45, 7) is 2.10. The summed E-state index contributed by atoms with van der Waals surface area (Å²) >= 11 is 1.72. The Balaban J connectivity index is 1.77. The number of fused-ring (bicyclic) bond motifs is 1. The van der Waals surface area contributed by atoms with Gasteiger partial charge in [-0.25, -0.2) is 0 Å². The summed E-state index contributed by atoms with van der Waals surface area (Å²) in [5.74, 6) is 0. The fourth-order valence-electron chi connectivity index (χ4n) is 3.60. The predicted octanol–water partition coefficient (Wildman–Crippen LogP) is 5.09. The third-order valence-corrected chi connectivity index (χ3v) is 9.94. The van der Waals surface area contributed by atoms with Gasteiger partial charge in [0.1, 0.15) is 0 Å². The number of hydrogen-bond donors (Lipinski definition) is 0. The first-order valence-electron chi connectivity index (χ1n) is 10.5. The summed E-state index contributed by atoms with van der Waals surface area (Å²) in [5, 5.41) is 18.6. The molecule has 0 amide bonds. The zero-order valence-electron chi connectivity index (χ0n) is 17.9. The number of para-hydroxylation sites is 1. The van der Waals surface area contributed by atoms with Crippen molar-refractivity contribution in [3.8, 4) is 6.07 Å². The van der Waals surface area contributed by atoms with Crippen LogP contribution >= 0.6 is 11.8 Å². The van der Waals surface area contributed by atoms with Crippen LogP contribution in [-0.2, 0) is 3.77 Å². The van der Waals surface area contributed by atoms with Gasteiger partial charge in [0.15, 0.2) is 0 Å². The molecule has 0 fully saturated rings. The summed E-state index contributed by atoms with van der Waals surface area (Å²) in [5.41, 5.74) is 4.81. The third kappa shape index (κ3) is 4.31. The zero-order chi connectivity index (χ0) is 22.7. The maximum absolute atomic E-state index is 9.37. The van der Waals surface area contributed by atoms with E-state index in [1.807, 2.05) is 36.4 Å². The van der Waals surface area contributed by atoms with Crippen molar-refractivity contribution >= 4 is 42.2 Å². The second kappa shape index (κ2) is 9.25. The Kier molecular flexibility index (Phi) is 6.02. The topological polar surface area (TPSA) is 54.5 Å². The molecule has 0 bridgehead atoms. The summed E-state index contributed by atoms with van der Waals surface area (Å²) in [6, 6.07) is 37.4. The number of nitriles is 1. The van der Waals surface area contributed by atoms with Crippen molar-refractivity contribution in [2.24, 2.45) is 0 Å². The van der Waals surface area contributed by atoms with E-state index in [2.05, 4.69) is 89.5 Å². The molecule has 0 N–H and O–H groups in total. The maximum atomic E-state index is 9.37. The summed E-state index contributed by atoms with van der Waals surface area (Å²) in [7, 11) is 0. The van der Waals surface area contributed by atoms with Crippen molar-refractivity contribution < 1.29 is 0 Å². The molecule has 1 heterocycles. The van der Waals surface area contributed by atoms with E-state index in [-0.39, 0.29) is 15.0 Å². The van der Waals surface area contributed by atoms with Crippen LogP contribution in [0.25, 0.3) is 11.0 Å². The molecule has 6 heteroatoms. The van der Waals surface area contributed by atoms with Crippen LogP contribution in [0.3, 0.4) is 0 Å². The predicted molar refractivity (Wildman–Crippen MR) is 135 cm³/mol. The van der Waals surface area contributed by atoms with Crippen molar-refractivity contribution in [3.63, 3.8) is 0 Å². The van der Waals surface area contributed by atoms with Gasteiger partial charge < -0.3 is 0 Å². The molecule has 0 saturated heterocycles.